The van der Waals surface area contributed by atoms with E-state index in [0.717, 1.165) is 30.8 Å². The quantitative estimate of drug-likeness (QED) is 0.280. The number of nitrogens with zero attached hydrogens (tertiary/aromatic N) is 4. The normalized spacial score (nSPS) is 10.7. The number of rotatable bonds is 10. The Morgan fingerprint density at radius 1 is 1.19 bits per heavy atom. The van der Waals surface area contributed by atoms with E-state index in [-0.39, 0.29) is 17.3 Å². The molecule has 0 spiro atoms. The molecule has 0 aliphatic rings. The summed E-state index contributed by atoms with van der Waals surface area (Å²) < 4.78 is 7.16. The summed E-state index contributed by atoms with van der Waals surface area (Å²) in [4.78, 5) is 22.4. The Balaban J connectivity index is 1.48. The molecule has 1 N–H and O–H groups in total. The molecule has 0 saturated carbocycles. The first-order valence-corrected chi connectivity index (χ1v) is 11.0. The van der Waals surface area contributed by atoms with Crippen LogP contribution >= 0.6 is 11.8 Å². The number of aromatic nitrogens is 3. The molecule has 10 heteroatoms. The number of amides is 1. The van der Waals surface area contributed by atoms with Crippen molar-refractivity contribution < 1.29 is 14.5 Å². The van der Waals surface area contributed by atoms with Crippen molar-refractivity contribution in [2.24, 2.45) is 7.05 Å². The van der Waals surface area contributed by atoms with Gasteiger partial charge in [-0.05, 0) is 55.2 Å². The first-order valence-electron chi connectivity index (χ1n) is 10.1. The number of methoxy groups -OCH3 is 1. The number of nitro benzene ring substituents is 1. The van der Waals surface area contributed by atoms with E-state index in [1.54, 1.807) is 7.11 Å². The average Bonchev–Trinajstić information content (AvgIpc) is 3.13. The maximum absolute atomic E-state index is 12.2. The van der Waals surface area contributed by atoms with Gasteiger partial charge in [-0.1, -0.05) is 17.8 Å². The fourth-order valence-electron chi connectivity index (χ4n) is 3.19. The van der Waals surface area contributed by atoms with Crippen molar-refractivity contribution in [3.8, 4) is 5.75 Å². The highest BCUT2D eigenvalue weighted by molar-refractivity contribution is 7.99. The monoisotopic (exact) mass is 455 g/mol. The number of anilines is 1. The molecular formula is C22H25N5O4S. The predicted octanol–water partition coefficient (Wildman–Crippen LogP) is 3.95. The van der Waals surface area contributed by atoms with Crippen molar-refractivity contribution in [1.82, 2.24) is 14.8 Å². The highest BCUT2D eigenvalue weighted by Crippen LogP contribution is 2.21. The van der Waals surface area contributed by atoms with Crippen LogP contribution in [0, 0.1) is 17.0 Å². The second-order valence-corrected chi connectivity index (χ2v) is 8.19. The summed E-state index contributed by atoms with van der Waals surface area (Å²) in [5.41, 5.74) is 2.97. The highest BCUT2D eigenvalue weighted by atomic mass is 32.2. The van der Waals surface area contributed by atoms with Crippen molar-refractivity contribution in [3.05, 3.63) is 69.5 Å². The van der Waals surface area contributed by atoms with Gasteiger partial charge in [0.15, 0.2) is 5.16 Å². The Labute approximate surface area is 190 Å². The molecule has 0 saturated heterocycles. The van der Waals surface area contributed by atoms with Gasteiger partial charge in [-0.2, -0.15) is 0 Å². The van der Waals surface area contributed by atoms with Crippen molar-refractivity contribution in [3.63, 3.8) is 0 Å². The molecule has 3 aromatic rings. The minimum atomic E-state index is -0.481. The van der Waals surface area contributed by atoms with Gasteiger partial charge < -0.3 is 14.6 Å². The van der Waals surface area contributed by atoms with E-state index < -0.39 is 4.92 Å². The largest absolute Gasteiger partial charge is 0.497 e. The van der Waals surface area contributed by atoms with Gasteiger partial charge in [0, 0.05) is 31.3 Å². The molecule has 1 aromatic heterocycles. The summed E-state index contributed by atoms with van der Waals surface area (Å²) in [5, 5.41) is 22.5. The van der Waals surface area contributed by atoms with E-state index in [0.29, 0.717) is 10.8 Å². The topological polar surface area (TPSA) is 112 Å². The van der Waals surface area contributed by atoms with Crippen LogP contribution in [0.4, 0.5) is 11.4 Å². The molecule has 0 aliphatic heterocycles. The molecule has 0 aliphatic carbocycles. The number of nitro groups is 1. The lowest BCUT2D eigenvalue weighted by atomic mass is 10.0. The average molecular weight is 456 g/mol. The van der Waals surface area contributed by atoms with Gasteiger partial charge in [0.05, 0.1) is 17.8 Å². The van der Waals surface area contributed by atoms with Crippen molar-refractivity contribution in [1.29, 1.82) is 0 Å². The predicted molar refractivity (Wildman–Crippen MR) is 123 cm³/mol. The Morgan fingerprint density at radius 2 is 1.94 bits per heavy atom. The first kappa shape index (κ1) is 23.3. The third-order valence-corrected chi connectivity index (χ3v) is 6.04. The number of benzene rings is 2. The third-order valence-electron chi connectivity index (χ3n) is 5.02. The summed E-state index contributed by atoms with van der Waals surface area (Å²) >= 11 is 1.29. The van der Waals surface area contributed by atoms with Gasteiger partial charge in [-0.3, -0.25) is 14.9 Å². The van der Waals surface area contributed by atoms with E-state index in [1.165, 1.54) is 47.2 Å². The molecule has 0 atom stereocenters. The van der Waals surface area contributed by atoms with E-state index in [4.69, 9.17) is 4.74 Å². The van der Waals surface area contributed by atoms with Gasteiger partial charge >= 0.3 is 0 Å². The molecule has 0 unspecified atom stereocenters. The molecule has 168 valence electrons. The maximum atomic E-state index is 12.2. The van der Waals surface area contributed by atoms with Crippen LogP contribution in [0.1, 0.15) is 23.4 Å². The van der Waals surface area contributed by atoms with Gasteiger partial charge in [0.2, 0.25) is 5.91 Å². The number of non-ortho nitro benzene ring substituents is 1. The van der Waals surface area contributed by atoms with Crippen molar-refractivity contribution >= 4 is 29.0 Å². The van der Waals surface area contributed by atoms with Crippen LogP contribution in [0.2, 0.25) is 0 Å². The minimum absolute atomic E-state index is 0.0221. The lowest BCUT2D eigenvalue weighted by Crippen LogP contribution is -2.14. The van der Waals surface area contributed by atoms with Crippen LogP contribution in [0.3, 0.4) is 0 Å². The lowest BCUT2D eigenvalue weighted by molar-refractivity contribution is -0.384. The molecule has 3 rings (SSSR count). The van der Waals surface area contributed by atoms with Gasteiger partial charge in [-0.25, -0.2) is 0 Å². The molecule has 2 aromatic carbocycles. The van der Waals surface area contributed by atoms with Crippen LogP contribution in [0.25, 0.3) is 0 Å². The van der Waals surface area contributed by atoms with Crippen molar-refractivity contribution in [2.75, 3.05) is 18.2 Å². The van der Waals surface area contributed by atoms with Crippen LogP contribution in [0.15, 0.2) is 47.6 Å². The van der Waals surface area contributed by atoms with Gasteiger partial charge in [-0.15, -0.1) is 10.2 Å². The van der Waals surface area contributed by atoms with E-state index in [9.17, 15) is 14.9 Å². The van der Waals surface area contributed by atoms with E-state index >= 15 is 0 Å². The Hall–Kier alpha value is -3.40. The standard InChI is InChI=1S/C22H25N5O4S/c1-15-13-19(31-3)12-7-16(15)5-4-6-20-24-25-22(26(20)2)32-14-21(28)23-17-8-10-18(11-9-17)27(29)30/h7-13H,4-6,14H2,1-3H3,(H,23,28). The lowest BCUT2D eigenvalue weighted by Gasteiger charge is -2.08. The van der Waals surface area contributed by atoms with Crippen LogP contribution < -0.4 is 10.1 Å². The molecule has 9 nitrogen and oxygen atoms in total. The van der Waals surface area contributed by atoms with Gasteiger partial charge in [0.1, 0.15) is 11.6 Å². The molecule has 0 bridgehead atoms. The summed E-state index contributed by atoms with van der Waals surface area (Å²) in [5.74, 6) is 1.67. The van der Waals surface area contributed by atoms with E-state index in [2.05, 4.69) is 28.5 Å². The zero-order chi connectivity index (χ0) is 23.1. The molecule has 32 heavy (non-hydrogen) atoms. The smallest absolute Gasteiger partial charge is 0.269 e. The van der Waals surface area contributed by atoms with Crippen LogP contribution in [0.5, 0.6) is 5.75 Å². The zero-order valence-electron chi connectivity index (χ0n) is 18.2. The number of ether oxygens (including phenoxy) is 1. The summed E-state index contributed by atoms with van der Waals surface area (Å²) in [6.07, 6.45) is 2.65. The minimum Gasteiger partial charge on any atom is -0.497 e. The number of carbonyl (C=O) groups is 1. The molecule has 0 fully saturated rings. The SMILES string of the molecule is COc1ccc(CCCc2nnc(SCC(=O)Nc3ccc([N+](=O)[O-])cc3)n2C)c(C)c1. The second-order valence-electron chi connectivity index (χ2n) is 7.24. The highest BCUT2D eigenvalue weighted by Gasteiger charge is 2.12. The van der Waals surface area contributed by atoms with Crippen LogP contribution in [-0.4, -0.2) is 38.5 Å². The molecule has 0 radical (unpaired) electrons. The Bertz CT molecular complexity index is 1100. The zero-order valence-corrected chi connectivity index (χ0v) is 19.0. The fourth-order valence-corrected chi connectivity index (χ4v) is 3.92. The second kappa shape index (κ2) is 10.8. The summed E-state index contributed by atoms with van der Waals surface area (Å²) in [6, 6.07) is 11.8. The molecule has 1 heterocycles. The summed E-state index contributed by atoms with van der Waals surface area (Å²) in [7, 11) is 3.56. The van der Waals surface area contributed by atoms with Gasteiger partial charge in [0.25, 0.3) is 5.69 Å². The number of nitrogens with one attached hydrogen (secondary N) is 1. The molecular weight excluding hydrogens is 430 g/mol. The van der Waals surface area contributed by atoms with Crippen LogP contribution in [-0.2, 0) is 24.7 Å². The number of aryl methyl sites for hydroxylation is 3. The third kappa shape index (κ3) is 6.07. The van der Waals surface area contributed by atoms with E-state index in [1.807, 2.05) is 23.7 Å². The maximum Gasteiger partial charge on any atom is 0.269 e. The first-order chi connectivity index (χ1) is 15.4. The molecule has 1 amide bonds. The number of hydrogen-bond donors (Lipinski definition) is 1. The Morgan fingerprint density at radius 3 is 2.59 bits per heavy atom. The summed E-state index contributed by atoms with van der Waals surface area (Å²) in [6.45, 7) is 2.08. The van der Waals surface area contributed by atoms with Crippen molar-refractivity contribution in [2.45, 2.75) is 31.3 Å². The number of carbonyl (C=O) groups excluding carboxylic acids is 1. The number of hydrogen-bond acceptors (Lipinski definition) is 7. The number of thioether (sulfide) groups is 1. The fraction of sp³-hybridized carbons (Fsp3) is 0.318. The Kier molecular flexibility index (Phi) is 7.82.